The third-order valence-electron chi connectivity index (χ3n) is 3.27. The Bertz CT molecular complexity index is 444. The van der Waals surface area contributed by atoms with Gasteiger partial charge < -0.3 is 15.0 Å². The van der Waals surface area contributed by atoms with Gasteiger partial charge in [0.05, 0.1) is 7.11 Å². The number of hydrogen-bond donors (Lipinski definition) is 1. The van der Waals surface area contributed by atoms with Crippen LogP contribution in [-0.4, -0.2) is 33.7 Å². The molecule has 0 unspecified atom stereocenters. The summed E-state index contributed by atoms with van der Waals surface area (Å²) < 4.78 is 5.29. The minimum atomic E-state index is 0.142. The van der Waals surface area contributed by atoms with Gasteiger partial charge in [-0.15, -0.1) is 0 Å². The summed E-state index contributed by atoms with van der Waals surface area (Å²) in [4.78, 5) is 13.8. The van der Waals surface area contributed by atoms with Gasteiger partial charge in [-0.3, -0.25) is 4.79 Å². The summed E-state index contributed by atoms with van der Waals surface area (Å²) in [6.07, 6.45) is 1.41. The first-order valence-electron chi connectivity index (χ1n) is 6.57. The van der Waals surface area contributed by atoms with Gasteiger partial charge in [-0.25, -0.2) is 0 Å². The van der Waals surface area contributed by atoms with Gasteiger partial charge in [0.15, 0.2) is 0 Å². The van der Waals surface area contributed by atoms with Gasteiger partial charge >= 0.3 is 0 Å². The van der Waals surface area contributed by atoms with E-state index in [0.29, 0.717) is 6.42 Å². The van der Waals surface area contributed by atoms with Crippen LogP contribution in [-0.2, 0) is 4.79 Å². The number of ether oxygens (including phenoxy) is 1. The molecule has 4 heteroatoms. The van der Waals surface area contributed by atoms with Crippen LogP contribution in [0.2, 0.25) is 0 Å². The molecule has 1 aromatic rings. The zero-order valence-corrected chi connectivity index (χ0v) is 12.5. The molecule has 0 fully saturated rings. The first-order valence-corrected chi connectivity index (χ1v) is 6.57. The third-order valence-corrected chi connectivity index (χ3v) is 3.27. The second-order valence-electron chi connectivity index (χ2n) is 4.77. The molecule has 0 spiro atoms. The Morgan fingerprint density at radius 3 is 2.58 bits per heavy atom. The van der Waals surface area contributed by atoms with E-state index in [1.807, 2.05) is 40.1 Å². The molecule has 1 aromatic carbocycles. The van der Waals surface area contributed by atoms with Gasteiger partial charge in [0.1, 0.15) is 5.75 Å². The molecule has 0 saturated carbocycles. The average Bonchev–Trinajstić information content (AvgIpc) is 2.40. The highest BCUT2D eigenvalue weighted by Crippen LogP contribution is 2.28. The van der Waals surface area contributed by atoms with Gasteiger partial charge in [-0.1, -0.05) is 0 Å². The number of methoxy groups -OCH3 is 1. The lowest BCUT2D eigenvalue weighted by Crippen LogP contribution is -2.27. The molecule has 1 N–H and O–H groups in total. The van der Waals surface area contributed by atoms with E-state index in [-0.39, 0.29) is 5.91 Å². The molecule has 0 aromatic heterocycles. The molecule has 19 heavy (non-hydrogen) atoms. The normalized spacial score (nSPS) is 10.4. The van der Waals surface area contributed by atoms with Gasteiger partial charge in [0.25, 0.3) is 0 Å². The number of anilines is 1. The molecule has 0 bridgehead atoms. The van der Waals surface area contributed by atoms with E-state index in [0.717, 1.165) is 35.5 Å². The third kappa shape index (κ3) is 3.96. The Morgan fingerprint density at radius 1 is 1.32 bits per heavy atom. The minimum Gasteiger partial charge on any atom is -0.496 e. The van der Waals surface area contributed by atoms with Crippen molar-refractivity contribution in [1.82, 2.24) is 5.32 Å². The second-order valence-corrected chi connectivity index (χ2v) is 4.77. The van der Waals surface area contributed by atoms with Crippen molar-refractivity contribution in [2.24, 2.45) is 0 Å². The van der Waals surface area contributed by atoms with Crippen molar-refractivity contribution in [3.63, 3.8) is 0 Å². The number of hydrogen-bond acceptors (Lipinski definition) is 3. The topological polar surface area (TPSA) is 41.6 Å². The van der Waals surface area contributed by atoms with Gasteiger partial charge in [0.2, 0.25) is 5.91 Å². The van der Waals surface area contributed by atoms with Crippen molar-refractivity contribution in [1.29, 1.82) is 0 Å². The Labute approximate surface area is 115 Å². The maximum Gasteiger partial charge on any atom is 0.226 e. The quantitative estimate of drug-likeness (QED) is 0.801. The largest absolute Gasteiger partial charge is 0.496 e. The lowest BCUT2D eigenvalue weighted by atomic mass is 10.1. The Kier molecular flexibility index (Phi) is 5.83. The van der Waals surface area contributed by atoms with Crippen LogP contribution in [0.1, 0.15) is 24.0 Å². The SMILES string of the molecule is CNCCCC(=O)N(C)c1cc(C)c(OC)cc1C. The molecule has 0 aliphatic carbocycles. The van der Waals surface area contributed by atoms with Crippen LogP contribution in [0.5, 0.6) is 5.75 Å². The molecule has 1 rings (SSSR count). The van der Waals surface area contributed by atoms with Crippen LogP contribution in [0.3, 0.4) is 0 Å². The number of carbonyl (C=O) groups is 1. The van der Waals surface area contributed by atoms with Crippen molar-refractivity contribution in [2.75, 3.05) is 32.6 Å². The van der Waals surface area contributed by atoms with E-state index >= 15 is 0 Å². The molecule has 1 amide bonds. The van der Waals surface area contributed by atoms with E-state index in [1.54, 1.807) is 12.0 Å². The molecular formula is C15H24N2O2. The molecule has 0 heterocycles. The predicted molar refractivity (Wildman–Crippen MR) is 79.0 cm³/mol. The molecule has 0 aliphatic heterocycles. The Balaban J connectivity index is 2.84. The fourth-order valence-corrected chi connectivity index (χ4v) is 2.07. The highest BCUT2D eigenvalue weighted by Gasteiger charge is 2.14. The van der Waals surface area contributed by atoms with E-state index in [2.05, 4.69) is 5.32 Å². The maximum absolute atomic E-state index is 12.1. The fraction of sp³-hybridized carbons (Fsp3) is 0.533. The molecule has 106 valence electrons. The zero-order valence-electron chi connectivity index (χ0n) is 12.5. The summed E-state index contributed by atoms with van der Waals surface area (Å²) >= 11 is 0. The van der Waals surface area contributed by atoms with Crippen LogP contribution in [0, 0.1) is 13.8 Å². The number of nitrogens with zero attached hydrogens (tertiary/aromatic N) is 1. The fourth-order valence-electron chi connectivity index (χ4n) is 2.07. The van der Waals surface area contributed by atoms with Crippen molar-refractivity contribution in [3.05, 3.63) is 23.3 Å². The monoisotopic (exact) mass is 264 g/mol. The minimum absolute atomic E-state index is 0.142. The summed E-state index contributed by atoms with van der Waals surface area (Å²) in [6.45, 7) is 4.84. The molecule has 0 atom stereocenters. The first-order chi connectivity index (χ1) is 9.01. The van der Waals surface area contributed by atoms with Crippen LogP contribution in [0.25, 0.3) is 0 Å². The highest BCUT2D eigenvalue weighted by molar-refractivity contribution is 5.93. The van der Waals surface area contributed by atoms with Gasteiger partial charge in [-0.2, -0.15) is 0 Å². The first kappa shape index (κ1) is 15.5. The summed E-state index contributed by atoms with van der Waals surface area (Å²) in [5.41, 5.74) is 3.04. The lowest BCUT2D eigenvalue weighted by molar-refractivity contribution is -0.118. The summed E-state index contributed by atoms with van der Waals surface area (Å²) in [5, 5.41) is 3.05. The van der Waals surface area contributed by atoms with E-state index in [9.17, 15) is 4.79 Å². The van der Waals surface area contributed by atoms with E-state index in [1.165, 1.54) is 0 Å². The number of carbonyl (C=O) groups excluding carboxylic acids is 1. The molecule has 4 nitrogen and oxygen atoms in total. The molecule has 0 radical (unpaired) electrons. The molecule has 0 saturated heterocycles. The average molecular weight is 264 g/mol. The maximum atomic E-state index is 12.1. The van der Waals surface area contributed by atoms with Gasteiger partial charge in [0, 0.05) is 19.2 Å². The van der Waals surface area contributed by atoms with Crippen molar-refractivity contribution >= 4 is 11.6 Å². The number of benzene rings is 1. The van der Waals surface area contributed by atoms with E-state index < -0.39 is 0 Å². The summed E-state index contributed by atoms with van der Waals surface area (Å²) in [6, 6.07) is 3.98. The van der Waals surface area contributed by atoms with Crippen LogP contribution in [0.4, 0.5) is 5.69 Å². The molecule has 0 aliphatic rings. The number of nitrogens with one attached hydrogen (secondary N) is 1. The summed E-state index contributed by atoms with van der Waals surface area (Å²) in [5.74, 6) is 1.00. The standard InChI is InChI=1S/C15H24N2O2/c1-11-10-14(19-5)12(2)9-13(11)17(4)15(18)7-6-8-16-3/h9-10,16H,6-8H2,1-5H3. The van der Waals surface area contributed by atoms with Crippen LogP contribution >= 0.6 is 0 Å². The van der Waals surface area contributed by atoms with Gasteiger partial charge in [-0.05, 0) is 57.1 Å². The lowest BCUT2D eigenvalue weighted by Gasteiger charge is -2.21. The highest BCUT2D eigenvalue weighted by atomic mass is 16.5. The number of amides is 1. The van der Waals surface area contributed by atoms with E-state index in [4.69, 9.17) is 4.74 Å². The van der Waals surface area contributed by atoms with Crippen molar-refractivity contribution in [3.8, 4) is 5.75 Å². The summed E-state index contributed by atoms with van der Waals surface area (Å²) in [7, 11) is 5.38. The predicted octanol–water partition coefficient (Wildman–Crippen LogP) is 2.27. The van der Waals surface area contributed by atoms with Crippen LogP contribution in [0.15, 0.2) is 12.1 Å². The van der Waals surface area contributed by atoms with Crippen LogP contribution < -0.4 is 15.0 Å². The Morgan fingerprint density at radius 2 is 2.00 bits per heavy atom. The second kappa shape index (κ2) is 7.14. The van der Waals surface area contributed by atoms with Crippen molar-refractivity contribution in [2.45, 2.75) is 26.7 Å². The number of aryl methyl sites for hydroxylation is 2. The smallest absolute Gasteiger partial charge is 0.226 e. The molecular weight excluding hydrogens is 240 g/mol. The van der Waals surface area contributed by atoms with Crippen molar-refractivity contribution < 1.29 is 9.53 Å². The Hall–Kier alpha value is -1.55. The number of rotatable bonds is 6. The zero-order chi connectivity index (χ0) is 14.4.